The van der Waals surface area contributed by atoms with E-state index >= 15 is 0 Å². The number of hydrogen-bond acceptors (Lipinski definition) is 4. The second-order valence-electron chi connectivity index (χ2n) is 4.86. The van der Waals surface area contributed by atoms with Crippen LogP contribution in [0.4, 0.5) is 5.69 Å². The first-order valence-corrected chi connectivity index (χ1v) is 6.78. The second-order valence-corrected chi connectivity index (χ2v) is 4.86. The van der Waals surface area contributed by atoms with Crippen LogP contribution in [0.2, 0.25) is 0 Å². The van der Waals surface area contributed by atoms with Gasteiger partial charge in [-0.05, 0) is 25.0 Å². The Morgan fingerprint density at radius 2 is 2.25 bits per heavy atom. The van der Waals surface area contributed by atoms with Crippen molar-refractivity contribution < 1.29 is 9.53 Å². The smallest absolute Gasteiger partial charge is 0.238 e. The van der Waals surface area contributed by atoms with Gasteiger partial charge < -0.3 is 10.1 Å². The van der Waals surface area contributed by atoms with Gasteiger partial charge in [0.25, 0.3) is 0 Å². The Labute approximate surface area is 119 Å². The highest BCUT2D eigenvalue weighted by Crippen LogP contribution is 2.27. The van der Waals surface area contributed by atoms with Crippen LogP contribution >= 0.6 is 0 Å². The molecule has 2 rings (SSSR count). The molecule has 0 radical (unpaired) electrons. The van der Waals surface area contributed by atoms with Crippen molar-refractivity contribution in [1.82, 2.24) is 4.90 Å². The van der Waals surface area contributed by atoms with E-state index in [0.717, 1.165) is 12.8 Å². The maximum Gasteiger partial charge on any atom is 0.238 e. The van der Waals surface area contributed by atoms with Gasteiger partial charge in [0.1, 0.15) is 5.75 Å². The van der Waals surface area contributed by atoms with Crippen LogP contribution in [-0.2, 0) is 4.79 Å². The van der Waals surface area contributed by atoms with Gasteiger partial charge in [-0.3, -0.25) is 9.69 Å². The maximum absolute atomic E-state index is 12.1. The maximum atomic E-state index is 12.1. The zero-order valence-electron chi connectivity index (χ0n) is 11.6. The van der Waals surface area contributed by atoms with E-state index in [1.807, 2.05) is 24.3 Å². The van der Waals surface area contributed by atoms with E-state index in [1.165, 1.54) is 0 Å². The number of carbonyl (C=O) groups excluding carboxylic acids is 1. The first-order chi connectivity index (χ1) is 9.74. The standard InChI is InChI=1S/C15H19N3O2/c1-20-14-6-3-2-5-13(14)17-15(19)11-18(10-4-9-16)12-7-8-12/h2-3,5-6,12H,4,7-8,10-11H2,1H3,(H,17,19). The Bertz CT molecular complexity index is 506. The minimum atomic E-state index is -0.0701. The van der Waals surface area contributed by atoms with E-state index in [-0.39, 0.29) is 5.91 Å². The molecule has 1 amide bonds. The SMILES string of the molecule is COc1ccccc1NC(=O)CN(CCC#N)C1CC1. The molecule has 1 saturated carbocycles. The summed E-state index contributed by atoms with van der Waals surface area (Å²) in [6.45, 7) is 0.977. The Balaban J connectivity index is 1.92. The molecule has 0 spiro atoms. The summed E-state index contributed by atoms with van der Waals surface area (Å²) in [5, 5.41) is 11.5. The number of para-hydroxylation sites is 2. The average molecular weight is 273 g/mol. The number of hydrogen-bond donors (Lipinski definition) is 1. The molecule has 5 nitrogen and oxygen atoms in total. The van der Waals surface area contributed by atoms with E-state index in [4.69, 9.17) is 10.00 Å². The van der Waals surface area contributed by atoms with Crippen LogP contribution < -0.4 is 10.1 Å². The largest absolute Gasteiger partial charge is 0.495 e. The van der Waals surface area contributed by atoms with Gasteiger partial charge in [0, 0.05) is 19.0 Å². The molecule has 1 aliphatic rings. The highest BCUT2D eigenvalue weighted by molar-refractivity contribution is 5.93. The molecule has 1 aliphatic carbocycles. The van der Waals surface area contributed by atoms with Gasteiger partial charge in [-0.25, -0.2) is 0 Å². The minimum absolute atomic E-state index is 0.0701. The fraction of sp³-hybridized carbons (Fsp3) is 0.467. The summed E-state index contributed by atoms with van der Waals surface area (Å²) in [5.41, 5.74) is 0.677. The van der Waals surface area contributed by atoms with Crippen LogP contribution in [0.3, 0.4) is 0 Å². The van der Waals surface area contributed by atoms with Gasteiger partial charge in [0.2, 0.25) is 5.91 Å². The number of ether oxygens (including phenoxy) is 1. The van der Waals surface area contributed by atoms with Crippen molar-refractivity contribution in [2.75, 3.05) is 25.5 Å². The third-order valence-electron chi connectivity index (χ3n) is 3.30. The van der Waals surface area contributed by atoms with Crippen molar-refractivity contribution >= 4 is 11.6 Å². The molecule has 0 aliphatic heterocycles. The van der Waals surface area contributed by atoms with Crippen LogP contribution in [0, 0.1) is 11.3 Å². The highest BCUT2D eigenvalue weighted by Gasteiger charge is 2.29. The lowest BCUT2D eigenvalue weighted by atomic mass is 10.3. The Morgan fingerprint density at radius 3 is 2.90 bits per heavy atom. The topological polar surface area (TPSA) is 65.4 Å². The molecule has 0 atom stereocenters. The predicted molar refractivity (Wildman–Crippen MR) is 76.4 cm³/mol. The summed E-state index contributed by atoms with van der Waals surface area (Å²) in [6.07, 6.45) is 2.69. The van der Waals surface area contributed by atoms with Crippen LogP contribution in [0.15, 0.2) is 24.3 Å². The molecule has 1 aromatic rings. The van der Waals surface area contributed by atoms with Crippen LogP contribution in [0.25, 0.3) is 0 Å². The summed E-state index contributed by atoms with van der Waals surface area (Å²) in [6, 6.07) is 9.93. The van der Waals surface area contributed by atoms with Gasteiger partial charge in [0.05, 0.1) is 25.4 Å². The van der Waals surface area contributed by atoms with Gasteiger partial charge in [-0.2, -0.15) is 5.26 Å². The molecule has 0 bridgehead atoms. The molecule has 0 aromatic heterocycles. The van der Waals surface area contributed by atoms with Crippen molar-refractivity contribution in [2.24, 2.45) is 0 Å². The molecule has 1 N–H and O–H groups in total. The fourth-order valence-electron chi connectivity index (χ4n) is 2.15. The van der Waals surface area contributed by atoms with E-state index in [0.29, 0.717) is 37.0 Å². The Kier molecular flexibility index (Phi) is 4.97. The number of carbonyl (C=O) groups is 1. The van der Waals surface area contributed by atoms with Crippen molar-refractivity contribution in [3.05, 3.63) is 24.3 Å². The van der Waals surface area contributed by atoms with E-state index in [2.05, 4.69) is 16.3 Å². The first kappa shape index (κ1) is 14.4. The summed E-state index contributed by atoms with van der Waals surface area (Å²) in [7, 11) is 1.58. The van der Waals surface area contributed by atoms with Gasteiger partial charge in [-0.15, -0.1) is 0 Å². The van der Waals surface area contributed by atoms with Gasteiger partial charge in [0.15, 0.2) is 0 Å². The number of methoxy groups -OCH3 is 1. The highest BCUT2D eigenvalue weighted by atomic mass is 16.5. The third-order valence-corrected chi connectivity index (χ3v) is 3.30. The summed E-state index contributed by atoms with van der Waals surface area (Å²) < 4.78 is 5.20. The van der Waals surface area contributed by atoms with E-state index in [1.54, 1.807) is 7.11 Å². The van der Waals surface area contributed by atoms with E-state index < -0.39 is 0 Å². The lowest BCUT2D eigenvalue weighted by molar-refractivity contribution is -0.117. The lowest BCUT2D eigenvalue weighted by Crippen LogP contribution is -2.35. The van der Waals surface area contributed by atoms with E-state index in [9.17, 15) is 4.79 Å². The minimum Gasteiger partial charge on any atom is -0.495 e. The zero-order valence-corrected chi connectivity index (χ0v) is 11.6. The molecule has 20 heavy (non-hydrogen) atoms. The van der Waals surface area contributed by atoms with Crippen molar-refractivity contribution in [2.45, 2.75) is 25.3 Å². The molecular weight excluding hydrogens is 254 g/mol. The number of nitrogens with one attached hydrogen (secondary N) is 1. The molecule has 5 heteroatoms. The quantitative estimate of drug-likeness (QED) is 0.825. The van der Waals surface area contributed by atoms with Gasteiger partial charge in [-0.1, -0.05) is 12.1 Å². The first-order valence-electron chi connectivity index (χ1n) is 6.78. The van der Waals surface area contributed by atoms with Crippen LogP contribution in [0.5, 0.6) is 5.75 Å². The van der Waals surface area contributed by atoms with Crippen molar-refractivity contribution in [3.63, 3.8) is 0 Å². The number of nitriles is 1. The van der Waals surface area contributed by atoms with Crippen molar-refractivity contribution in [3.8, 4) is 11.8 Å². The molecular formula is C15H19N3O2. The number of rotatable bonds is 7. The van der Waals surface area contributed by atoms with Gasteiger partial charge >= 0.3 is 0 Å². The molecule has 106 valence electrons. The van der Waals surface area contributed by atoms with Crippen LogP contribution in [0.1, 0.15) is 19.3 Å². The Hall–Kier alpha value is -2.06. The number of nitrogens with zero attached hydrogens (tertiary/aromatic N) is 2. The van der Waals surface area contributed by atoms with Crippen LogP contribution in [-0.4, -0.2) is 37.0 Å². The monoisotopic (exact) mass is 273 g/mol. The average Bonchev–Trinajstić information content (AvgIpc) is 3.28. The predicted octanol–water partition coefficient (Wildman–Crippen LogP) is 2.01. The number of benzene rings is 1. The summed E-state index contributed by atoms with van der Waals surface area (Å²) in [5.74, 6) is 0.579. The molecule has 1 fully saturated rings. The van der Waals surface area contributed by atoms with Crippen molar-refractivity contribution in [1.29, 1.82) is 5.26 Å². The number of anilines is 1. The summed E-state index contributed by atoms with van der Waals surface area (Å²) >= 11 is 0. The second kappa shape index (κ2) is 6.92. The molecule has 0 heterocycles. The molecule has 0 saturated heterocycles. The third kappa shape index (κ3) is 3.97. The Morgan fingerprint density at radius 1 is 1.50 bits per heavy atom. The summed E-state index contributed by atoms with van der Waals surface area (Å²) in [4.78, 5) is 14.2. The molecule has 1 aromatic carbocycles. The fourth-order valence-corrected chi connectivity index (χ4v) is 2.15. The number of amides is 1. The lowest BCUT2D eigenvalue weighted by Gasteiger charge is -2.20. The normalized spacial score (nSPS) is 13.8. The zero-order chi connectivity index (χ0) is 14.4. The molecule has 0 unspecified atom stereocenters.